The number of anilines is 2. The Morgan fingerprint density at radius 1 is 1.00 bits per heavy atom. The summed E-state index contributed by atoms with van der Waals surface area (Å²) in [6.07, 6.45) is 3.66. The molecule has 3 aromatic rings. The summed E-state index contributed by atoms with van der Waals surface area (Å²) in [5, 5.41) is 16.7. The fraction of sp³-hybridized carbons (Fsp3) is 0.0625. The topological polar surface area (TPSA) is 50.1 Å². The highest BCUT2D eigenvalue weighted by atomic mass is 16.3. The van der Waals surface area contributed by atoms with Gasteiger partial charge in [0.2, 0.25) is 0 Å². The number of hydrogen-bond donors (Lipinski definition) is 2. The average Bonchev–Trinajstić information content (AvgIpc) is 3.02. The van der Waals surface area contributed by atoms with Crippen molar-refractivity contribution in [3.05, 3.63) is 72.6 Å². The predicted octanol–water partition coefficient (Wildman–Crippen LogP) is 3.11. The largest absolute Gasteiger partial charge is 0.392 e. The monoisotopic (exact) mass is 265 g/mol. The van der Waals surface area contributed by atoms with Gasteiger partial charge in [-0.15, -0.1) is 0 Å². The van der Waals surface area contributed by atoms with Gasteiger partial charge in [-0.05, 0) is 42.0 Å². The highest BCUT2D eigenvalue weighted by molar-refractivity contribution is 5.62. The van der Waals surface area contributed by atoms with Crippen LogP contribution < -0.4 is 5.32 Å². The number of nitrogens with one attached hydrogen (secondary N) is 1. The van der Waals surface area contributed by atoms with Crippen LogP contribution in [0.1, 0.15) is 5.56 Å². The Bertz CT molecular complexity index is 692. The molecule has 3 rings (SSSR count). The summed E-state index contributed by atoms with van der Waals surface area (Å²) in [5.74, 6) is 0. The molecule has 1 aromatic heterocycles. The van der Waals surface area contributed by atoms with Crippen LogP contribution in [0.2, 0.25) is 0 Å². The van der Waals surface area contributed by atoms with Crippen molar-refractivity contribution in [2.75, 3.05) is 5.32 Å². The number of nitrogens with zero attached hydrogens (tertiary/aromatic N) is 2. The molecule has 0 aliphatic carbocycles. The maximum atomic E-state index is 9.16. The molecule has 0 bridgehead atoms. The molecule has 0 unspecified atom stereocenters. The molecule has 0 fully saturated rings. The number of benzene rings is 2. The van der Waals surface area contributed by atoms with Crippen molar-refractivity contribution in [3.63, 3.8) is 0 Å². The highest BCUT2D eigenvalue weighted by Crippen LogP contribution is 2.20. The summed E-state index contributed by atoms with van der Waals surface area (Å²) < 4.78 is 1.81. The van der Waals surface area contributed by atoms with Crippen LogP contribution in [0.3, 0.4) is 0 Å². The molecule has 0 saturated heterocycles. The van der Waals surface area contributed by atoms with Gasteiger partial charge in [-0.2, -0.15) is 5.10 Å². The lowest BCUT2D eigenvalue weighted by atomic mass is 10.2. The molecule has 2 N–H and O–H groups in total. The number of rotatable bonds is 4. The van der Waals surface area contributed by atoms with Crippen molar-refractivity contribution in [3.8, 4) is 5.69 Å². The molecule has 4 heteroatoms. The maximum Gasteiger partial charge on any atom is 0.0682 e. The summed E-state index contributed by atoms with van der Waals surface area (Å²) in [7, 11) is 0. The van der Waals surface area contributed by atoms with Crippen LogP contribution >= 0.6 is 0 Å². The third-order valence-corrected chi connectivity index (χ3v) is 3.01. The van der Waals surface area contributed by atoms with Crippen LogP contribution in [0, 0.1) is 0 Å². The zero-order valence-corrected chi connectivity index (χ0v) is 10.9. The van der Waals surface area contributed by atoms with E-state index in [2.05, 4.69) is 10.4 Å². The van der Waals surface area contributed by atoms with Gasteiger partial charge in [0.15, 0.2) is 0 Å². The molecular formula is C16H15N3O. The Hall–Kier alpha value is -2.59. The Morgan fingerprint density at radius 2 is 1.80 bits per heavy atom. The van der Waals surface area contributed by atoms with Crippen molar-refractivity contribution in [1.29, 1.82) is 0 Å². The van der Waals surface area contributed by atoms with Crippen molar-refractivity contribution in [2.24, 2.45) is 0 Å². The zero-order valence-electron chi connectivity index (χ0n) is 10.9. The minimum Gasteiger partial charge on any atom is -0.392 e. The average molecular weight is 265 g/mol. The predicted molar refractivity (Wildman–Crippen MR) is 79.2 cm³/mol. The van der Waals surface area contributed by atoms with Gasteiger partial charge in [0.1, 0.15) is 0 Å². The van der Waals surface area contributed by atoms with Gasteiger partial charge >= 0.3 is 0 Å². The Labute approximate surface area is 117 Å². The molecule has 20 heavy (non-hydrogen) atoms. The van der Waals surface area contributed by atoms with Gasteiger partial charge in [-0.1, -0.05) is 18.2 Å². The van der Waals surface area contributed by atoms with E-state index in [9.17, 15) is 0 Å². The van der Waals surface area contributed by atoms with E-state index in [4.69, 9.17) is 5.11 Å². The van der Waals surface area contributed by atoms with E-state index in [1.807, 2.05) is 65.5 Å². The van der Waals surface area contributed by atoms with E-state index in [0.29, 0.717) is 0 Å². The molecule has 1 heterocycles. The third-order valence-electron chi connectivity index (χ3n) is 3.01. The molecule has 0 aliphatic rings. The molecule has 2 aromatic carbocycles. The third kappa shape index (κ3) is 2.70. The first kappa shape index (κ1) is 12.4. The minimum absolute atomic E-state index is 0.0445. The molecule has 0 amide bonds. The lowest BCUT2D eigenvalue weighted by Gasteiger charge is -2.09. The number of aromatic nitrogens is 2. The van der Waals surface area contributed by atoms with Crippen LogP contribution in [-0.4, -0.2) is 14.9 Å². The van der Waals surface area contributed by atoms with E-state index in [1.165, 1.54) is 0 Å². The van der Waals surface area contributed by atoms with Crippen LogP contribution in [0.15, 0.2) is 67.0 Å². The van der Waals surface area contributed by atoms with Gasteiger partial charge in [0.25, 0.3) is 0 Å². The fourth-order valence-corrected chi connectivity index (χ4v) is 2.06. The first-order valence-electron chi connectivity index (χ1n) is 6.42. The molecule has 100 valence electrons. The highest BCUT2D eigenvalue weighted by Gasteiger charge is 2.00. The first-order chi connectivity index (χ1) is 9.85. The maximum absolute atomic E-state index is 9.16. The molecule has 0 saturated carbocycles. The lowest BCUT2D eigenvalue weighted by molar-refractivity contribution is 0.282. The second-order valence-electron chi connectivity index (χ2n) is 4.48. The second kappa shape index (κ2) is 5.59. The quantitative estimate of drug-likeness (QED) is 0.762. The van der Waals surface area contributed by atoms with Gasteiger partial charge < -0.3 is 10.4 Å². The molecule has 0 aliphatic heterocycles. The van der Waals surface area contributed by atoms with Crippen LogP contribution in [0.5, 0.6) is 0 Å². The van der Waals surface area contributed by atoms with E-state index in [1.54, 1.807) is 6.20 Å². The van der Waals surface area contributed by atoms with E-state index in [0.717, 1.165) is 22.6 Å². The smallest absolute Gasteiger partial charge is 0.0682 e. The van der Waals surface area contributed by atoms with Crippen LogP contribution in [0.4, 0.5) is 11.4 Å². The molecule has 0 atom stereocenters. The van der Waals surface area contributed by atoms with E-state index in [-0.39, 0.29) is 6.61 Å². The van der Waals surface area contributed by atoms with Crippen molar-refractivity contribution >= 4 is 11.4 Å². The van der Waals surface area contributed by atoms with Crippen LogP contribution in [-0.2, 0) is 6.61 Å². The zero-order chi connectivity index (χ0) is 13.8. The number of hydrogen-bond acceptors (Lipinski definition) is 3. The van der Waals surface area contributed by atoms with E-state index >= 15 is 0 Å². The summed E-state index contributed by atoms with van der Waals surface area (Å²) in [6.45, 7) is 0.0445. The minimum atomic E-state index is 0.0445. The lowest BCUT2D eigenvalue weighted by Crippen LogP contribution is -1.96. The van der Waals surface area contributed by atoms with Crippen molar-refractivity contribution in [1.82, 2.24) is 9.78 Å². The van der Waals surface area contributed by atoms with E-state index < -0.39 is 0 Å². The van der Waals surface area contributed by atoms with Crippen molar-refractivity contribution in [2.45, 2.75) is 6.61 Å². The summed E-state index contributed by atoms with van der Waals surface area (Å²) in [5.41, 5.74) is 3.82. The Kier molecular flexibility index (Phi) is 3.48. The normalized spacial score (nSPS) is 10.4. The number of aliphatic hydroxyl groups excluding tert-OH is 1. The van der Waals surface area contributed by atoms with Gasteiger partial charge in [-0.25, -0.2) is 4.68 Å². The summed E-state index contributed by atoms with van der Waals surface area (Å²) >= 11 is 0. The van der Waals surface area contributed by atoms with Crippen molar-refractivity contribution < 1.29 is 5.11 Å². The first-order valence-corrected chi connectivity index (χ1v) is 6.42. The molecular weight excluding hydrogens is 250 g/mol. The Balaban J connectivity index is 1.85. The summed E-state index contributed by atoms with van der Waals surface area (Å²) in [6, 6.07) is 17.6. The number of aliphatic hydroxyl groups is 1. The van der Waals surface area contributed by atoms with Gasteiger partial charge in [0.05, 0.1) is 12.3 Å². The van der Waals surface area contributed by atoms with Gasteiger partial charge in [-0.3, -0.25) is 0 Å². The fourth-order valence-electron chi connectivity index (χ4n) is 2.06. The Morgan fingerprint density at radius 3 is 2.55 bits per heavy atom. The second-order valence-corrected chi connectivity index (χ2v) is 4.48. The summed E-state index contributed by atoms with van der Waals surface area (Å²) in [4.78, 5) is 0. The SMILES string of the molecule is OCc1cccc(Nc2cccc(-n3cccn3)c2)c1. The molecule has 0 spiro atoms. The molecule has 4 nitrogen and oxygen atoms in total. The standard InChI is InChI=1S/C16H15N3O/c20-12-13-4-1-5-14(10-13)18-15-6-2-7-16(11-15)19-9-3-8-17-19/h1-11,18,20H,12H2. The van der Waals surface area contributed by atoms with Gasteiger partial charge in [0, 0.05) is 23.8 Å². The molecule has 0 radical (unpaired) electrons. The van der Waals surface area contributed by atoms with Crippen LogP contribution in [0.25, 0.3) is 5.69 Å².